The first-order chi connectivity index (χ1) is 14.1. The van der Waals surface area contributed by atoms with Gasteiger partial charge in [0, 0.05) is 31.7 Å². The summed E-state index contributed by atoms with van der Waals surface area (Å²) in [5.41, 5.74) is 0.825. The molecule has 2 amide bonds. The molecule has 2 aromatic rings. The molecule has 0 radical (unpaired) electrons. The lowest BCUT2D eigenvalue weighted by atomic mass is 10.3. The van der Waals surface area contributed by atoms with Crippen molar-refractivity contribution in [1.82, 2.24) is 14.8 Å². The largest absolute Gasteiger partial charge is 0.484 e. The summed E-state index contributed by atoms with van der Waals surface area (Å²) in [7, 11) is 1.25. The maximum Gasteiger partial charge on any atom is 0.378 e. The molecule has 1 aromatic heterocycles. The molecule has 4 rings (SSSR count). The van der Waals surface area contributed by atoms with Crippen LogP contribution in [0.2, 0.25) is 0 Å². The minimum absolute atomic E-state index is 0.0739. The number of amides is 2. The zero-order valence-corrected chi connectivity index (χ0v) is 16.0. The van der Waals surface area contributed by atoms with Crippen LogP contribution in [-0.4, -0.2) is 59.4 Å². The summed E-state index contributed by atoms with van der Waals surface area (Å²) in [6, 6.07) is 7.09. The highest BCUT2D eigenvalue weighted by atomic mass is 16.5. The van der Waals surface area contributed by atoms with Gasteiger partial charge in [0.1, 0.15) is 5.75 Å². The van der Waals surface area contributed by atoms with Gasteiger partial charge in [-0.1, -0.05) is 0 Å². The quantitative estimate of drug-likeness (QED) is 0.691. The number of hydrogen-bond donors (Lipinski definition) is 0. The first kappa shape index (κ1) is 18.9. The minimum atomic E-state index is -0.646. The predicted molar refractivity (Wildman–Crippen MR) is 102 cm³/mol. The van der Waals surface area contributed by atoms with E-state index in [4.69, 9.17) is 4.74 Å². The molecular formula is C19H21N5O5. The average molecular weight is 399 g/mol. The number of carbonyl (C=O) groups excluding carboxylic acids is 3. The number of methoxy groups -OCH3 is 1. The summed E-state index contributed by atoms with van der Waals surface area (Å²) < 4.78 is 11.8. The summed E-state index contributed by atoms with van der Waals surface area (Å²) in [5.74, 6) is -0.0409. The number of carbonyl (C=O) groups is 3. The number of aryl methyl sites for hydroxylation is 1. The molecule has 2 aliphatic heterocycles. The molecule has 0 atom stereocenters. The number of esters is 1. The van der Waals surface area contributed by atoms with E-state index < -0.39 is 5.97 Å². The first-order valence-electron chi connectivity index (χ1n) is 9.43. The number of fused-ring (bicyclic) bond motifs is 1. The molecule has 10 nitrogen and oxygen atoms in total. The van der Waals surface area contributed by atoms with Crippen molar-refractivity contribution in [2.75, 3.05) is 36.6 Å². The Morgan fingerprint density at radius 2 is 1.90 bits per heavy atom. The van der Waals surface area contributed by atoms with Gasteiger partial charge in [-0.3, -0.25) is 14.5 Å². The standard InChI is InChI=1S/C19H21N5O5/c1-28-18(27)17-20-19-23(10-3-11-24(19)21-17)16(26)12-29-14-7-5-13(6-8-14)22-9-2-4-15(22)25/h5-8H,2-4,9-12H2,1H3. The highest BCUT2D eigenvalue weighted by Crippen LogP contribution is 2.24. The van der Waals surface area contributed by atoms with Crippen LogP contribution >= 0.6 is 0 Å². The van der Waals surface area contributed by atoms with Gasteiger partial charge < -0.3 is 14.4 Å². The maximum atomic E-state index is 12.7. The van der Waals surface area contributed by atoms with E-state index in [9.17, 15) is 14.4 Å². The lowest BCUT2D eigenvalue weighted by molar-refractivity contribution is -0.121. The summed E-state index contributed by atoms with van der Waals surface area (Å²) in [6.45, 7) is 1.58. The number of anilines is 2. The van der Waals surface area contributed by atoms with Crippen molar-refractivity contribution >= 4 is 29.4 Å². The molecule has 1 fully saturated rings. The van der Waals surface area contributed by atoms with Crippen molar-refractivity contribution in [3.63, 3.8) is 0 Å². The summed E-state index contributed by atoms with van der Waals surface area (Å²) >= 11 is 0. The maximum absolute atomic E-state index is 12.7. The number of hydrogen-bond acceptors (Lipinski definition) is 7. The smallest absolute Gasteiger partial charge is 0.378 e. The number of aromatic nitrogens is 3. The van der Waals surface area contributed by atoms with Crippen LogP contribution in [0, 0.1) is 0 Å². The minimum Gasteiger partial charge on any atom is -0.484 e. The fraction of sp³-hybridized carbons (Fsp3) is 0.421. The van der Waals surface area contributed by atoms with Crippen LogP contribution in [0.3, 0.4) is 0 Å². The number of ether oxygens (including phenoxy) is 2. The Hall–Kier alpha value is -3.43. The summed E-state index contributed by atoms with van der Waals surface area (Å²) in [6.07, 6.45) is 2.13. The Kier molecular flexibility index (Phi) is 5.15. The van der Waals surface area contributed by atoms with Gasteiger partial charge in [0.25, 0.3) is 11.7 Å². The Bertz CT molecular complexity index is 939. The van der Waals surface area contributed by atoms with Crippen LogP contribution in [0.5, 0.6) is 5.75 Å². The molecule has 0 aliphatic carbocycles. The van der Waals surface area contributed by atoms with E-state index in [-0.39, 0.29) is 24.2 Å². The van der Waals surface area contributed by atoms with Crippen molar-refractivity contribution in [1.29, 1.82) is 0 Å². The van der Waals surface area contributed by atoms with E-state index in [1.165, 1.54) is 16.7 Å². The number of benzene rings is 1. The van der Waals surface area contributed by atoms with Gasteiger partial charge in [-0.05, 0) is 37.1 Å². The Morgan fingerprint density at radius 1 is 1.10 bits per heavy atom. The van der Waals surface area contributed by atoms with Crippen LogP contribution < -0.4 is 14.5 Å². The Morgan fingerprint density at radius 3 is 2.59 bits per heavy atom. The van der Waals surface area contributed by atoms with Crippen molar-refractivity contribution < 1.29 is 23.9 Å². The van der Waals surface area contributed by atoms with Crippen LogP contribution in [-0.2, 0) is 20.9 Å². The van der Waals surface area contributed by atoms with Gasteiger partial charge in [0.2, 0.25) is 11.9 Å². The molecular weight excluding hydrogens is 378 g/mol. The Labute approximate surface area is 167 Å². The van der Waals surface area contributed by atoms with E-state index in [0.717, 1.165) is 18.7 Å². The van der Waals surface area contributed by atoms with Gasteiger partial charge in [0.15, 0.2) is 6.61 Å². The van der Waals surface area contributed by atoms with Crippen LogP contribution in [0.25, 0.3) is 0 Å². The van der Waals surface area contributed by atoms with E-state index in [1.807, 2.05) is 12.1 Å². The van der Waals surface area contributed by atoms with Crippen LogP contribution in [0.4, 0.5) is 11.6 Å². The molecule has 1 aromatic carbocycles. The van der Waals surface area contributed by atoms with Gasteiger partial charge in [-0.2, -0.15) is 4.98 Å². The SMILES string of the molecule is COC(=O)c1nc2n(n1)CCCN2C(=O)COc1ccc(N2CCCC2=O)cc1. The monoisotopic (exact) mass is 399 g/mol. The molecule has 1 saturated heterocycles. The third-order valence-electron chi connectivity index (χ3n) is 4.90. The molecule has 0 saturated carbocycles. The number of rotatable bonds is 5. The third-order valence-corrected chi connectivity index (χ3v) is 4.90. The van der Waals surface area contributed by atoms with Crippen molar-refractivity contribution in [3.8, 4) is 5.75 Å². The highest BCUT2D eigenvalue weighted by Gasteiger charge is 2.28. The average Bonchev–Trinajstić information content (AvgIpc) is 3.37. The summed E-state index contributed by atoms with van der Waals surface area (Å²) in [4.78, 5) is 43.5. The molecule has 0 unspecified atom stereocenters. The second-order valence-corrected chi connectivity index (χ2v) is 6.78. The molecule has 0 bridgehead atoms. The van der Waals surface area contributed by atoms with E-state index in [0.29, 0.717) is 37.6 Å². The fourth-order valence-corrected chi connectivity index (χ4v) is 3.44. The Balaban J connectivity index is 1.40. The predicted octanol–water partition coefficient (Wildman–Crippen LogP) is 1.01. The lowest BCUT2D eigenvalue weighted by Gasteiger charge is -2.25. The molecule has 0 spiro atoms. The fourth-order valence-electron chi connectivity index (χ4n) is 3.44. The normalized spacial score (nSPS) is 16.0. The van der Waals surface area contributed by atoms with Crippen molar-refractivity contribution in [3.05, 3.63) is 30.1 Å². The topological polar surface area (TPSA) is 107 Å². The second-order valence-electron chi connectivity index (χ2n) is 6.78. The van der Waals surface area contributed by atoms with Gasteiger partial charge in [-0.25, -0.2) is 9.48 Å². The van der Waals surface area contributed by atoms with E-state index in [1.54, 1.807) is 17.0 Å². The first-order valence-corrected chi connectivity index (χ1v) is 9.43. The van der Waals surface area contributed by atoms with Crippen molar-refractivity contribution in [2.24, 2.45) is 0 Å². The van der Waals surface area contributed by atoms with Gasteiger partial charge in [-0.15, -0.1) is 5.10 Å². The van der Waals surface area contributed by atoms with Crippen LogP contribution in [0.15, 0.2) is 24.3 Å². The molecule has 0 N–H and O–H groups in total. The molecule has 10 heteroatoms. The highest BCUT2D eigenvalue weighted by molar-refractivity contribution is 5.95. The van der Waals surface area contributed by atoms with E-state index in [2.05, 4.69) is 14.8 Å². The molecule has 152 valence electrons. The van der Waals surface area contributed by atoms with Gasteiger partial charge >= 0.3 is 5.97 Å². The third kappa shape index (κ3) is 3.78. The van der Waals surface area contributed by atoms with Crippen molar-refractivity contribution in [2.45, 2.75) is 25.8 Å². The molecule has 2 aliphatic rings. The molecule has 3 heterocycles. The van der Waals surface area contributed by atoms with Gasteiger partial charge in [0.05, 0.1) is 7.11 Å². The zero-order valence-electron chi connectivity index (χ0n) is 16.0. The zero-order chi connectivity index (χ0) is 20.4. The molecule has 29 heavy (non-hydrogen) atoms. The second kappa shape index (κ2) is 7.90. The summed E-state index contributed by atoms with van der Waals surface area (Å²) in [5, 5.41) is 4.09. The van der Waals surface area contributed by atoms with E-state index >= 15 is 0 Å². The number of nitrogens with zero attached hydrogens (tertiary/aromatic N) is 5. The lowest BCUT2D eigenvalue weighted by Crippen LogP contribution is -2.40. The van der Waals surface area contributed by atoms with Crippen LogP contribution in [0.1, 0.15) is 29.9 Å².